The van der Waals surface area contributed by atoms with Crippen molar-refractivity contribution in [1.82, 2.24) is 15.5 Å². The summed E-state index contributed by atoms with van der Waals surface area (Å²) >= 11 is 0. The fourth-order valence-electron chi connectivity index (χ4n) is 3.95. The number of guanidine groups is 1. The Morgan fingerprint density at radius 1 is 1.13 bits per heavy atom. The van der Waals surface area contributed by atoms with Crippen LogP contribution in [-0.4, -0.2) is 69.4 Å². The summed E-state index contributed by atoms with van der Waals surface area (Å²) < 4.78 is 5.52. The highest BCUT2D eigenvalue weighted by molar-refractivity contribution is 14.0. The molecule has 2 heterocycles. The van der Waals surface area contributed by atoms with Crippen molar-refractivity contribution < 1.29 is 4.74 Å². The molecule has 1 unspecified atom stereocenters. The van der Waals surface area contributed by atoms with Crippen molar-refractivity contribution in [3.05, 3.63) is 42.0 Å². The summed E-state index contributed by atoms with van der Waals surface area (Å²) in [5, 5.41) is 6.97. The Kier molecular flexibility index (Phi) is 11.0. The van der Waals surface area contributed by atoms with Crippen molar-refractivity contribution in [3.8, 4) is 0 Å². The second-order valence-corrected chi connectivity index (χ2v) is 8.08. The van der Waals surface area contributed by atoms with Crippen molar-refractivity contribution in [2.24, 2.45) is 10.9 Å². The molecule has 1 aromatic rings. The number of rotatable bonds is 8. The average Bonchev–Trinajstić information content (AvgIpc) is 3.28. The number of halogens is 1. The predicted molar refractivity (Wildman–Crippen MR) is 137 cm³/mol. The maximum Gasteiger partial charge on any atom is 0.191 e. The minimum Gasteiger partial charge on any atom is -0.379 e. The van der Waals surface area contributed by atoms with Gasteiger partial charge in [0.2, 0.25) is 0 Å². The van der Waals surface area contributed by atoms with Gasteiger partial charge in [-0.25, -0.2) is 4.99 Å². The molecule has 2 aliphatic rings. The van der Waals surface area contributed by atoms with Crippen LogP contribution in [0.15, 0.2) is 41.4 Å². The molecule has 1 aromatic carbocycles. The topological polar surface area (TPSA) is 52.1 Å². The average molecular weight is 527 g/mol. The van der Waals surface area contributed by atoms with E-state index in [2.05, 4.69) is 77.6 Å². The van der Waals surface area contributed by atoms with Crippen molar-refractivity contribution in [2.75, 3.05) is 57.4 Å². The maximum atomic E-state index is 5.52. The van der Waals surface area contributed by atoms with E-state index in [1.165, 1.54) is 11.3 Å². The Hall–Kier alpha value is -1.32. The number of benzene rings is 1. The number of ether oxygens (including phenoxy) is 1. The second kappa shape index (κ2) is 13.2. The van der Waals surface area contributed by atoms with Crippen LogP contribution in [0.25, 0.3) is 0 Å². The summed E-state index contributed by atoms with van der Waals surface area (Å²) in [6.45, 7) is 14.8. The summed E-state index contributed by atoms with van der Waals surface area (Å²) in [6.07, 6.45) is 4.44. The summed E-state index contributed by atoms with van der Waals surface area (Å²) in [6, 6.07) is 9.20. The Morgan fingerprint density at radius 3 is 2.53 bits per heavy atom. The van der Waals surface area contributed by atoms with Crippen molar-refractivity contribution in [2.45, 2.75) is 33.4 Å². The lowest BCUT2D eigenvalue weighted by Gasteiger charge is -2.37. The fraction of sp³-hybridized carbons (Fsp3) is 0.609. The minimum atomic E-state index is 0. The first-order valence-corrected chi connectivity index (χ1v) is 11.0. The van der Waals surface area contributed by atoms with Crippen LogP contribution in [0, 0.1) is 5.92 Å². The molecule has 1 atom stereocenters. The molecule has 0 amide bonds. The Morgan fingerprint density at radius 2 is 1.87 bits per heavy atom. The molecule has 0 aliphatic carbocycles. The number of aliphatic imine (C=N–C) groups is 1. The number of hydrogen-bond acceptors (Lipinski definition) is 4. The third kappa shape index (κ3) is 7.42. The molecule has 2 N–H and O–H groups in total. The van der Waals surface area contributed by atoms with E-state index >= 15 is 0 Å². The van der Waals surface area contributed by atoms with Crippen LogP contribution in [0.1, 0.15) is 26.3 Å². The summed E-state index contributed by atoms with van der Waals surface area (Å²) in [4.78, 5) is 9.75. The van der Waals surface area contributed by atoms with Crippen LogP contribution >= 0.6 is 24.0 Å². The lowest BCUT2D eigenvalue weighted by atomic mass is 10.0. The molecule has 6 nitrogen and oxygen atoms in total. The maximum absolute atomic E-state index is 5.52. The van der Waals surface area contributed by atoms with Gasteiger partial charge in [0, 0.05) is 51.0 Å². The van der Waals surface area contributed by atoms with E-state index in [0.29, 0.717) is 18.5 Å². The van der Waals surface area contributed by atoms with Gasteiger partial charge in [-0.15, -0.1) is 24.0 Å². The van der Waals surface area contributed by atoms with Gasteiger partial charge >= 0.3 is 0 Å². The van der Waals surface area contributed by atoms with Crippen molar-refractivity contribution in [1.29, 1.82) is 0 Å². The summed E-state index contributed by atoms with van der Waals surface area (Å²) in [5.74, 6) is 1.47. The first-order valence-electron chi connectivity index (χ1n) is 11.0. The quantitative estimate of drug-likeness (QED) is 0.236. The number of anilines is 1. The van der Waals surface area contributed by atoms with Gasteiger partial charge < -0.3 is 20.3 Å². The van der Waals surface area contributed by atoms with Gasteiger partial charge in [-0.3, -0.25) is 4.90 Å². The lowest BCUT2D eigenvalue weighted by Crippen LogP contribution is -2.52. The third-order valence-corrected chi connectivity index (χ3v) is 5.62. The molecule has 0 aromatic heterocycles. The number of nitrogens with one attached hydrogen (secondary N) is 2. The minimum absolute atomic E-state index is 0. The van der Waals surface area contributed by atoms with E-state index < -0.39 is 0 Å². The zero-order valence-electron chi connectivity index (χ0n) is 18.6. The highest BCUT2D eigenvalue weighted by Crippen LogP contribution is 2.19. The molecule has 168 valence electrons. The molecule has 0 saturated carbocycles. The zero-order valence-corrected chi connectivity index (χ0v) is 21.0. The van der Waals surface area contributed by atoms with E-state index in [0.717, 1.165) is 58.4 Å². The smallest absolute Gasteiger partial charge is 0.191 e. The monoisotopic (exact) mass is 527 g/mol. The Bertz CT molecular complexity index is 680. The van der Waals surface area contributed by atoms with E-state index in [-0.39, 0.29) is 24.0 Å². The molecule has 0 radical (unpaired) electrons. The van der Waals surface area contributed by atoms with E-state index in [1.807, 2.05) is 0 Å². The highest BCUT2D eigenvalue weighted by atomic mass is 127. The van der Waals surface area contributed by atoms with E-state index in [1.54, 1.807) is 0 Å². The van der Waals surface area contributed by atoms with Crippen molar-refractivity contribution >= 4 is 35.6 Å². The van der Waals surface area contributed by atoms with Crippen LogP contribution in [0.4, 0.5) is 5.69 Å². The number of morpholine rings is 1. The molecular formula is C23H38IN5O. The largest absolute Gasteiger partial charge is 0.379 e. The molecule has 30 heavy (non-hydrogen) atoms. The van der Waals surface area contributed by atoms with Gasteiger partial charge in [-0.2, -0.15) is 0 Å². The normalized spacial score (nSPS) is 18.4. The second-order valence-electron chi connectivity index (χ2n) is 8.08. The van der Waals surface area contributed by atoms with E-state index in [4.69, 9.17) is 9.73 Å². The molecule has 2 aliphatic heterocycles. The molecule has 3 rings (SSSR count). The van der Waals surface area contributed by atoms with Gasteiger partial charge in [-0.05, 0) is 30.5 Å². The fourth-order valence-corrected chi connectivity index (χ4v) is 3.95. The van der Waals surface area contributed by atoms with Crippen LogP contribution < -0.4 is 15.5 Å². The highest BCUT2D eigenvalue weighted by Gasteiger charge is 2.23. The van der Waals surface area contributed by atoms with E-state index in [9.17, 15) is 0 Å². The van der Waals surface area contributed by atoms with Crippen molar-refractivity contribution in [3.63, 3.8) is 0 Å². The van der Waals surface area contributed by atoms with Crippen LogP contribution in [0.3, 0.4) is 0 Å². The molecule has 1 saturated heterocycles. The summed E-state index contributed by atoms with van der Waals surface area (Å²) in [5.41, 5.74) is 2.51. The molecule has 1 fully saturated rings. The van der Waals surface area contributed by atoms with Gasteiger partial charge in [-0.1, -0.05) is 38.1 Å². The SMILES string of the molecule is CCNC(=NCc1cccc(N2CC=CC2)c1)NCC(C(C)C)N1CCOCC1.I. The van der Waals surface area contributed by atoms with Gasteiger partial charge in [0.15, 0.2) is 5.96 Å². The molecule has 7 heteroatoms. The van der Waals surface area contributed by atoms with Gasteiger partial charge in [0.05, 0.1) is 19.8 Å². The predicted octanol–water partition coefficient (Wildman–Crippen LogP) is 3.09. The molecule has 0 spiro atoms. The number of nitrogens with zero attached hydrogens (tertiary/aromatic N) is 3. The molecule has 0 bridgehead atoms. The third-order valence-electron chi connectivity index (χ3n) is 5.62. The number of hydrogen-bond donors (Lipinski definition) is 2. The molecular weight excluding hydrogens is 489 g/mol. The Labute approximate surface area is 199 Å². The Balaban J connectivity index is 0.00000320. The summed E-state index contributed by atoms with van der Waals surface area (Å²) in [7, 11) is 0. The first kappa shape index (κ1) is 24.9. The van der Waals surface area contributed by atoms with Gasteiger partial charge in [0.1, 0.15) is 0 Å². The van der Waals surface area contributed by atoms with Crippen LogP contribution in [0.2, 0.25) is 0 Å². The first-order chi connectivity index (χ1) is 14.2. The van der Waals surface area contributed by atoms with Crippen LogP contribution in [-0.2, 0) is 11.3 Å². The van der Waals surface area contributed by atoms with Crippen LogP contribution in [0.5, 0.6) is 0 Å². The zero-order chi connectivity index (χ0) is 20.5. The van der Waals surface area contributed by atoms with Gasteiger partial charge in [0.25, 0.3) is 0 Å². The standard InChI is InChI=1S/C23H37N5O.HI/c1-4-24-23(26-18-22(19(2)3)28-12-14-29-15-13-28)25-17-20-8-7-9-21(16-20)27-10-5-6-11-27;/h5-9,16,19,22H,4,10-15,17-18H2,1-3H3,(H2,24,25,26);1H. The lowest BCUT2D eigenvalue weighted by molar-refractivity contribution is 0.00752.